The van der Waals surface area contributed by atoms with Gasteiger partial charge in [0, 0.05) is 21.6 Å². The number of amides is 1. The average molecular weight is 282 g/mol. The third-order valence-electron chi connectivity index (χ3n) is 3.25. The SMILES string of the molecule is Cc1ccc(C(=O)Nc2ccc3sccc3c2)cc1N. The van der Waals surface area contributed by atoms with Gasteiger partial charge < -0.3 is 11.1 Å². The number of fused-ring (bicyclic) bond motifs is 1. The number of hydrogen-bond donors (Lipinski definition) is 2. The van der Waals surface area contributed by atoms with Gasteiger partial charge in [-0.05, 0) is 59.7 Å². The molecule has 0 atom stereocenters. The maximum absolute atomic E-state index is 12.2. The lowest BCUT2D eigenvalue weighted by Crippen LogP contribution is -2.12. The quantitative estimate of drug-likeness (QED) is 0.697. The second kappa shape index (κ2) is 4.98. The van der Waals surface area contributed by atoms with Gasteiger partial charge in [-0.3, -0.25) is 4.79 Å². The largest absolute Gasteiger partial charge is 0.398 e. The first-order valence-electron chi connectivity index (χ1n) is 6.28. The topological polar surface area (TPSA) is 55.1 Å². The van der Waals surface area contributed by atoms with E-state index < -0.39 is 0 Å². The number of aryl methyl sites for hydroxylation is 1. The number of thiophene rings is 1. The van der Waals surface area contributed by atoms with E-state index in [1.165, 1.54) is 4.70 Å². The molecule has 1 aromatic heterocycles. The first kappa shape index (κ1) is 12.7. The molecule has 0 aliphatic heterocycles. The summed E-state index contributed by atoms with van der Waals surface area (Å²) in [5.74, 6) is -0.147. The van der Waals surface area contributed by atoms with Crippen molar-refractivity contribution in [3.8, 4) is 0 Å². The normalized spacial score (nSPS) is 10.7. The van der Waals surface area contributed by atoms with E-state index in [0.717, 1.165) is 16.6 Å². The van der Waals surface area contributed by atoms with Gasteiger partial charge in [0.05, 0.1) is 0 Å². The summed E-state index contributed by atoms with van der Waals surface area (Å²) in [5.41, 5.74) is 8.80. The standard InChI is InChI=1S/C16H14N2OS/c1-10-2-3-12(9-14(10)17)16(19)18-13-4-5-15-11(8-13)6-7-20-15/h2-9H,17H2,1H3,(H,18,19). The van der Waals surface area contributed by atoms with Crippen molar-refractivity contribution >= 4 is 38.7 Å². The molecular formula is C16H14N2OS. The zero-order valence-corrected chi connectivity index (χ0v) is 11.8. The van der Waals surface area contributed by atoms with Crippen molar-refractivity contribution in [3.63, 3.8) is 0 Å². The fraction of sp³-hybridized carbons (Fsp3) is 0.0625. The van der Waals surface area contributed by atoms with E-state index in [2.05, 4.69) is 5.32 Å². The molecule has 3 aromatic rings. The number of carbonyl (C=O) groups is 1. The predicted octanol–water partition coefficient (Wildman–Crippen LogP) is 4.04. The van der Waals surface area contributed by atoms with Gasteiger partial charge in [0.1, 0.15) is 0 Å². The van der Waals surface area contributed by atoms with Crippen molar-refractivity contribution in [2.45, 2.75) is 6.92 Å². The van der Waals surface area contributed by atoms with Crippen molar-refractivity contribution in [2.24, 2.45) is 0 Å². The van der Waals surface area contributed by atoms with Crippen molar-refractivity contribution < 1.29 is 4.79 Å². The molecule has 0 unspecified atom stereocenters. The first-order valence-corrected chi connectivity index (χ1v) is 7.16. The van der Waals surface area contributed by atoms with Crippen molar-refractivity contribution in [3.05, 3.63) is 59.0 Å². The van der Waals surface area contributed by atoms with Crippen LogP contribution in [-0.4, -0.2) is 5.91 Å². The van der Waals surface area contributed by atoms with Gasteiger partial charge in [-0.1, -0.05) is 6.07 Å². The molecule has 0 spiro atoms. The number of nitrogens with one attached hydrogen (secondary N) is 1. The van der Waals surface area contributed by atoms with Crippen LogP contribution in [0.4, 0.5) is 11.4 Å². The van der Waals surface area contributed by atoms with Crippen LogP contribution in [0.5, 0.6) is 0 Å². The Bertz CT molecular complexity index is 792. The lowest BCUT2D eigenvalue weighted by molar-refractivity contribution is 0.102. The number of carbonyl (C=O) groups excluding carboxylic acids is 1. The van der Waals surface area contributed by atoms with Crippen LogP contribution in [0, 0.1) is 6.92 Å². The smallest absolute Gasteiger partial charge is 0.255 e. The van der Waals surface area contributed by atoms with Gasteiger partial charge in [0.2, 0.25) is 0 Å². The Morgan fingerprint density at radius 1 is 1.15 bits per heavy atom. The highest BCUT2D eigenvalue weighted by atomic mass is 32.1. The number of nitrogens with two attached hydrogens (primary N) is 1. The summed E-state index contributed by atoms with van der Waals surface area (Å²) in [6, 6.07) is 13.3. The predicted molar refractivity (Wildman–Crippen MR) is 85.4 cm³/mol. The second-order valence-corrected chi connectivity index (χ2v) is 5.65. The molecule has 1 heterocycles. The molecule has 0 saturated heterocycles. The molecule has 2 aromatic carbocycles. The Hall–Kier alpha value is -2.33. The lowest BCUT2D eigenvalue weighted by atomic mass is 10.1. The van der Waals surface area contributed by atoms with Crippen LogP contribution < -0.4 is 11.1 Å². The molecule has 0 fully saturated rings. The monoisotopic (exact) mass is 282 g/mol. The van der Waals surface area contributed by atoms with E-state index in [4.69, 9.17) is 5.73 Å². The van der Waals surface area contributed by atoms with Gasteiger partial charge in [-0.2, -0.15) is 0 Å². The highest BCUT2D eigenvalue weighted by Gasteiger charge is 2.08. The summed E-state index contributed by atoms with van der Waals surface area (Å²) < 4.78 is 1.21. The third kappa shape index (κ3) is 2.38. The Morgan fingerprint density at radius 3 is 2.80 bits per heavy atom. The fourth-order valence-electron chi connectivity index (χ4n) is 2.03. The Kier molecular flexibility index (Phi) is 3.16. The van der Waals surface area contributed by atoms with Gasteiger partial charge in [-0.15, -0.1) is 11.3 Å². The summed E-state index contributed by atoms with van der Waals surface area (Å²) in [6.07, 6.45) is 0. The maximum Gasteiger partial charge on any atom is 0.255 e. The fourth-order valence-corrected chi connectivity index (χ4v) is 2.80. The minimum atomic E-state index is -0.147. The summed E-state index contributed by atoms with van der Waals surface area (Å²) in [5, 5.41) is 6.07. The van der Waals surface area contributed by atoms with Crippen molar-refractivity contribution in [1.82, 2.24) is 0 Å². The minimum Gasteiger partial charge on any atom is -0.398 e. The van der Waals surface area contributed by atoms with E-state index >= 15 is 0 Å². The van der Waals surface area contributed by atoms with Crippen molar-refractivity contribution in [2.75, 3.05) is 11.1 Å². The number of rotatable bonds is 2. The Labute approximate surface area is 121 Å². The summed E-state index contributed by atoms with van der Waals surface area (Å²) in [7, 11) is 0. The molecule has 0 radical (unpaired) electrons. The van der Waals surface area contributed by atoms with Gasteiger partial charge >= 0.3 is 0 Å². The molecule has 3 N–H and O–H groups in total. The summed E-state index contributed by atoms with van der Waals surface area (Å²) >= 11 is 1.69. The first-order chi connectivity index (χ1) is 9.63. The Balaban J connectivity index is 1.85. The molecule has 20 heavy (non-hydrogen) atoms. The highest BCUT2D eigenvalue weighted by Crippen LogP contribution is 2.24. The minimum absolute atomic E-state index is 0.147. The summed E-state index contributed by atoms with van der Waals surface area (Å²) in [6.45, 7) is 1.92. The molecule has 3 rings (SSSR count). The van der Waals surface area contributed by atoms with Crippen LogP contribution in [-0.2, 0) is 0 Å². The second-order valence-electron chi connectivity index (χ2n) is 4.70. The molecule has 0 saturated carbocycles. The van der Waals surface area contributed by atoms with E-state index in [9.17, 15) is 4.79 Å². The number of nitrogen functional groups attached to an aromatic ring is 1. The van der Waals surface area contributed by atoms with Crippen molar-refractivity contribution in [1.29, 1.82) is 0 Å². The van der Waals surface area contributed by atoms with Crippen LogP contribution in [0.15, 0.2) is 47.8 Å². The lowest BCUT2D eigenvalue weighted by Gasteiger charge is -2.07. The molecule has 4 heteroatoms. The molecular weight excluding hydrogens is 268 g/mol. The number of benzene rings is 2. The average Bonchev–Trinajstić information content (AvgIpc) is 2.89. The van der Waals surface area contributed by atoms with E-state index in [1.807, 2.05) is 42.6 Å². The van der Waals surface area contributed by atoms with E-state index in [1.54, 1.807) is 23.5 Å². The number of hydrogen-bond acceptors (Lipinski definition) is 3. The molecule has 0 bridgehead atoms. The van der Waals surface area contributed by atoms with Gasteiger partial charge in [0.25, 0.3) is 5.91 Å². The zero-order valence-electron chi connectivity index (χ0n) is 11.0. The van der Waals surface area contributed by atoms with Crippen LogP contribution >= 0.6 is 11.3 Å². The Morgan fingerprint density at radius 2 is 2.00 bits per heavy atom. The maximum atomic E-state index is 12.2. The van der Waals surface area contributed by atoms with Crippen LogP contribution in [0.2, 0.25) is 0 Å². The molecule has 0 aliphatic rings. The molecule has 0 aliphatic carbocycles. The summed E-state index contributed by atoms with van der Waals surface area (Å²) in [4.78, 5) is 12.2. The molecule has 100 valence electrons. The van der Waals surface area contributed by atoms with E-state index in [-0.39, 0.29) is 5.91 Å². The van der Waals surface area contributed by atoms with Gasteiger partial charge in [-0.25, -0.2) is 0 Å². The van der Waals surface area contributed by atoms with Gasteiger partial charge in [0.15, 0.2) is 0 Å². The number of anilines is 2. The molecule has 1 amide bonds. The van der Waals surface area contributed by atoms with Crippen LogP contribution in [0.1, 0.15) is 15.9 Å². The van der Waals surface area contributed by atoms with E-state index in [0.29, 0.717) is 11.3 Å². The molecule has 3 nitrogen and oxygen atoms in total. The third-order valence-corrected chi connectivity index (χ3v) is 4.15. The zero-order chi connectivity index (χ0) is 14.1. The highest BCUT2D eigenvalue weighted by molar-refractivity contribution is 7.17. The van der Waals surface area contributed by atoms with Crippen LogP contribution in [0.3, 0.4) is 0 Å². The van der Waals surface area contributed by atoms with Crippen LogP contribution in [0.25, 0.3) is 10.1 Å².